The summed E-state index contributed by atoms with van der Waals surface area (Å²) in [6.45, 7) is 1.97. The van der Waals surface area contributed by atoms with Crippen molar-refractivity contribution in [2.75, 3.05) is 23.1 Å². The van der Waals surface area contributed by atoms with E-state index >= 15 is 0 Å². The smallest absolute Gasteiger partial charge is 0.264 e. The van der Waals surface area contributed by atoms with E-state index in [0.29, 0.717) is 18.0 Å². The van der Waals surface area contributed by atoms with E-state index in [4.69, 9.17) is 0 Å². The second-order valence-corrected chi connectivity index (χ2v) is 10.6. The Labute approximate surface area is 195 Å². The first-order valence-electron chi connectivity index (χ1n) is 9.52. The third-order valence-electron chi connectivity index (χ3n) is 4.30. The van der Waals surface area contributed by atoms with Gasteiger partial charge < -0.3 is 5.32 Å². The van der Waals surface area contributed by atoms with Crippen LogP contribution in [0, 0.1) is 6.92 Å². The van der Waals surface area contributed by atoms with E-state index in [1.165, 1.54) is 11.8 Å². The van der Waals surface area contributed by atoms with E-state index in [1.54, 1.807) is 54.7 Å². The van der Waals surface area contributed by atoms with Gasteiger partial charge in [-0.15, -0.1) is 11.8 Å². The number of anilines is 1. The van der Waals surface area contributed by atoms with Crippen LogP contribution < -0.4 is 9.62 Å². The highest BCUT2D eigenvalue weighted by atomic mass is 79.9. The number of hydrogen-bond acceptors (Lipinski definition) is 5. The first-order valence-corrected chi connectivity index (χ1v) is 12.7. The monoisotopic (exact) mass is 519 g/mol. The fourth-order valence-electron chi connectivity index (χ4n) is 2.75. The van der Waals surface area contributed by atoms with E-state index in [0.717, 1.165) is 19.4 Å². The van der Waals surface area contributed by atoms with Crippen LogP contribution in [0.3, 0.4) is 0 Å². The van der Waals surface area contributed by atoms with Crippen molar-refractivity contribution < 1.29 is 13.2 Å². The maximum atomic E-state index is 13.3. The van der Waals surface area contributed by atoms with E-state index in [9.17, 15) is 13.2 Å². The molecule has 2 aromatic carbocycles. The number of halogens is 1. The van der Waals surface area contributed by atoms with Gasteiger partial charge in [0.1, 0.15) is 6.54 Å². The summed E-state index contributed by atoms with van der Waals surface area (Å²) in [5.41, 5.74) is 1.36. The minimum Gasteiger partial charge on any atom is -0.354 e. The van der Waals surface area contributed by atoms with E-state index < -0.39 is 10.0 Å². The number of sulfonamides is 1. The molecule has 0 aliphatic rings. The van der Waals surface area contributed by atoms with E-state index in [-0.39, 0.29) is 17.3 Å². The SMILES string of the molecule is Cc1ccc(S(=O)(=O)N(CC(=O)NCCSc2ccccn2)c2cccc(Br)c2)cc1. The molecule has 0 bridgehead atoms. The maximum absolute atomic E-state index is 13.3. The average Bonchev–Trinajstić information content (AvgIpc) is 2.76. The number of carbonyl (C=O) groups is 1. The van der Waals surface area contributed by atoms with Crippen LogP contribution in [-0.2, 0) is 14.8 Å². The molecular formula is C22H22BrN3O3S2. The van der Waals surface area contributed by atoms with Gasteiger partial charge in [0.15, 0.2) is 0 Å². The highest BCUT2D eigenvalue weighted by molar-refractivity contribution is 9.10. The molecule has 0 unspecified atom stereocenters. The number of thioether (sulfide) groups is 1. The van der Waals surface area contributed by atoms with Gasteiger partial charge in [0.25, 0.3) is 10.0 Å². The molecule has 9 heteroatoms. The minimum atomic E-state index is -3.92. The lowest BCUT2D eigenvalue weighted by molar-refractivity contribution is -0.119. The molecule has 0 fully saturated rings. The van der Waals surface area contributed by atoms with Crippen LogP contribution in [-0.4, -0.2) is 38.2 Å². The topological polar surface area (TPSA) is 79.4 Å². The summed E-state index contributed by atoms with van der Waals surface area (Å²) in [7, 11) is -3.92. The molecule has 0 aliphatic carbocycles. The Morgan fingerprint density at radius 2 is 1.87 bits per heavy atom. The molecular weight excluding hydrogens is 498 g/mol. The molecule has 1 N–H and O–H groups in total. The number of nitrogens with one attached hydrogen (secondary N) is 1. The van der Waals surface area contributed by atoms with Crippen molar-refractivity contribution in [2.24, 2.45) is 0 Å². The molecule has 0 atom stereocenters. The molecule has 3 aromatic rings. The minimum absolute atomic E-state index is 0.136. The highest BCUT2D eigenvalue weighted by Crippen LogP contribution is 2.26. The number of pyridine rings is 1. The second-order valence-electron chi connectivity index (χ2n) is 6.67. The lowest BCUT2D eigenvalue weighted by Crippen LogP contribution is -2.41. The zero-order chi connectivity index (χ0) is 22.3. The Morgan fingerprint density at radius 3 is 2.55 bits per heavy atom. The number of rotatable bonds is 9. The van der Waals surface area contributed by atoms with Crippen molar-refractivity contribution >= 4 is 49.3 Å². The molecule has 0 saturated carbocycles. The van der Waals surface area contributed by atoms with Gasteiger partial charge >= 0.3 is 0 Å². The van der Waals surface area contributed by atoms with Gasteiger partial charge in [0, 0.05) is 23.0 Å². The summed E-state index contributed by atoms with van der Waals surface area (Å²) < 4.78 is 28.5. The lowest BCUT2D eigenvalue weighted by Gasteiger charge is -2.24. The molecule has 162 valence electrons. The standard InChI is InChI=1S/C22H22BrN3O3S2/c1-17-8-10-20(11-9-17)31(28,29)26(19-6-4-5-18(23)15-19)16-21(27)24-13-14-30-22-7-2-3-12-25-22/h2-12,15H,13-14,16H2,1H3,(H,24,27). The fraction of sp³-hybridized carbons (Fsp3) is 0.182. The van der Waals surface area contributed by atoms with Crippen LogP contribution in [0.1, 0.15) is 5.56 Å². The zero-order valence-electron chi connectivity index (χ0n) is 16.9. The van der Waals surface area contributed by atoms with Gasteiger partial charge in [0.2, 0.25) is 5.91 Å². The Hall–Kier alpha value is -2.36. The number of aromatic nitrogens is 1. The van der Waals surface area contributed by atoms with Crippen molar-refractivity contribution in [3.8, 4) is 0 Å². The van der Waals surface area contributed by atoms with Gasteiger partial charge in [-0.3, -0.25) is 9.10 Å². The number of benzene rings is 2. The van der Waals surface area contributed by atoms with Crippen LogP contribution in [0.15, 0.2) is 87.3 Å². The van der Waals surface area contributed by atoms with Crippen molar-refractivity contribution in [1.82, 2.24) is 10.3 Å². The molecule has 1 heterocycles. The molecule has 0 radical (unpaired) electrons. The quantitative estimate of drug-likeness (QED) is 0.337. The molecule has 1 amide bonds. The summed E-state index contributed by atoms with van der Waals surface area (Å²) in [5, 5.41) is 3.66. The lowest BCUT2D eigenvalue weighted by atomic mass is 10.2. The summed E-state index contributed by atoms with van der Waals surface area (Å²) >= 11 is 4.89. The van der Waals surface area contributed by atoms with Crippen molar-refractivity contribution in [1.29, 1.82) is 0 Å². The van der Waals surface area contributed by atoms with Gasteiger partial charge in [-0.1, -0.05) is 45.8 Å². The molecule has 3 rings (SSSR count). The molecule has 31 heavy (non-hydrogen) atoms. The van der Waals surface area contributed by atoms with Crippen molar-refractivity contribution in [2.45, 2.75) is 16.8 Å². The van der Waals surface area contributed by atoms with Crippen LogP contribution in [0.5, 0.6) is 0 Å². The fourth-order valence-corrected chi connectivity index (χ4v) is 5.27. The van der Waals surface area contributed by atoms with Gasteiger partial charge in [-0.05, 0) is 49.4 Å². The highest BCUT2D eigenvalue weighted by Gasteiger charge is 2.27. The van der Waals surface area contributed by atoms with Crippen LogP contribution in [0.25, 0.3) is 0 Å². The predicted molar refractivity (Wildman–Crippen MR) is 128 cm³/mol. The summed E-state index contributed by atoms with van der Waals surface area (Å²) in [5.74, 6) is 0.252. The van der Waals surface area contributed by atoms with Crippen LogP contribution in [0.2, 0.25) is 0 Å². The molecule has 0 spiro atoms. The number of aryl methyl sites for hydroxylation is 1. The largest absolute Gasteiger partial charge is 0.354 e. The predicted octanol–water partition coefficient (Wildman–Crippen LogP) is 4.26. The average molecular weight is 520 g/mol. The molecule has 6 nitrogen and oxygen atoms in total. The summed E-state index contributed by atoms with van der Waals surface area (Å²) in [6.07, 6.45) is 1.71. The number of carbonyl (C=O) groups excluding carboxylic acids is 1. The molecule has 1 aromatic heterocycles. The normalized spacial score (nSPS) is 11.2. The Morgan fingerprint density at radius 1 is 1.10 bits per heavy atom. The van der Waals surface area contributed by atoms with Gasteiger partial charge in [0.05, 0.1) is 15.6 Å². The third-order valence-corrected chi connectivity index (χ3v) is 7.53. The molecule has 0 saturated heterocycles. The van der Waals surface area contributed by atoms with Crippen LogP contribution in [0.4, 0.5) is 5.69 Å². The maximum Gasteiger partial charge on any atom is 0.264 e. The van der Waals surface area contributed by atoms with E-state index in [2.05, 4.69) is 26.2 Å². The first-order chi connectivity index (χ1) is 14.9. The molecule has 0 aliphatic heterocycles. The van der Waals surface area contributed by atoms with Crippen molar-refractivity contribution in [3.63, 3.8) is 0 Å². The summed E-state index contributed by atoms with van der Waals surface area (Å²) in [4.78, 5) is 17.0. The zero-order valence-corrected chi connectivity index (χ0v) is 20.1. The second kappa shape index (κ2) is 10.8. The van der Waals surface area contributed by atoms with Crippen LogP contribution >= 0.6 is 27.7 Å². The first kappa shape index (κ1) is 23.3. The summed E-state index contributed by atoms with van der Waals surface area (Å²) in [6, 6.07) is 19.1. The Bertz CT molecular complexity index is 1120. The van der Waals surface area contributed by atoms with Gasteiger partial charge in [-0.25, -0.2) is 13.4 Å². The Balaban J connectivity index is 1.72. The van der Waals surface area contributed by atoms with Crippen molar-refractivity contribution in [3.05, 3.63) is 83.0 Å². The van der Waals surface area contributed by atoms with E-state index in [1.807, 2.05) is 25.1 Å². The third kappa shape index (κ3) is 6.56. The number of amides is 1. The van der Waals surface area contributed by atoms with Gasteiger partial charge in [-0.2, -0.15) is 0 Å². The number of nitrogens with zero attached hydrogens (tertiary/aromatic N) is 2. The Kier molecular flexibility index (Phi) is 8.11. The number of hydrogen-bond donors (Lipinski definition) is 1.